The number of nitrogen functional groups attached to an aromatic ring is 1. The van der Waals surface area contributed by atoms with E-state index in [1.165, 1.54) is 0 Å². The van der Waals surface area contributed by atoms with Gasteiger partial charge in [-0.1, -0.05) is 0 Å². The van der Waals surface area contributed by atoms with Crippen molar-refractivity contribution in [1.29, 1.82) is 0 Å². The minimum absolute atomic E-state index is 0.0538. The van der Waals surface area contributed by atoms with Gasteiger partial charge in [0.1, 0.15) is 5.58 Å². The second-order valence-corrected chi connectivity index (χ2v) is 4.31. The lowest BCUT2D eigenvalue weighted by Crippen LogP contribution is -2.09. The lowest BCUT2D eigenvalue weighted by Gasteiger charge is -2.05. The van der Waals surface area contributed by atoms with Crippen molar-refractivity contribution in [3.8, 4) is 0 Å². The van der Waals surface area contributed by atoms with Crippen LogP contribution in [0.2, 0.25) is 0 Å². The van der Waals surface area contributed by atoms with Crippen molar-refractivity contribution in [2.75, 3.05) is 5.73 Å². The smallest absolute Gasteiger partial charge is 0.328 e. The number of carbonyl (C=O) groups is 1. The molecule has 5 heteroatoms. The van der Waals surface area contributed by atoms with Gasteiger partial charge in [0.25, 0.3) is 0 Å². The molecule has 5 nitrogen and oxygen atoms in total. The summed E-state index contributed by atoms with van der Waals surface area (Å²) in [6, 6.07) is 3.46. The number of carboxylic acid groups (broad SMARTS) is 1. The van der Waals surface area contributed by atoms with Gasteiger partial charge in [-0.3, -0.25) is 4.79 Å². The van der Waals surface area contributed by atoms with Gasteiger partial charge < -0.3 is 15.3 Å². The first-order valence-electron chi connectivity index (χ1n) is 5.64. The monoisotopic (exact) mass is 259 g/mol. The van der Waals surface area contributed by atoms with Crippen molar-refractivity contribution in [2.45, 2.75) is 13.8 Å². The molecular formula is C14H13NO4. The van der Waals surface area contributed by atoms with E-state index in [-0.39, 0.29) is 16.9 Å². The maximum Gasteiger partial charge on any atom is 0.328 e. The number of hydrogen-bond donors (Lipinski definition) is 2. The molecule has 0 saturated carbocycles. The highest BCUT2D eigenvalue weighted by Gasteiger charge is 2.11. The molecule has 1 aromatic carbocycles. The molecule has 2 aromatic rings. The van der Waals surface area contributed by atoms with Crippen molar-refractivity contribution in [2.24, 2.45) is 0 Å². The fraction of sp³-hybridized carbons (Fsp3) is 0.143. The van der Waals surface area contributed by atoms with Crippen LogP contribution in [0, 0.1) is 13.8 Å². The summed E-state index contributed by atoms with van der Waals surface area (Å²) in [5, 5.41) is 8.98. The molecule has 2 rings (SSSR count). The van der Waals surface area contributed by atoms with Crippen LogP contribution in [0.3, 0.4) is 0 Å². The molecule has 19 heavy (non-hydrogen) atoms. The highest BCUT2D eigenvalue weighted by molar-refractivity contribution is 5.88. The highest BCUT2D eigenvalue weighted by Crippen LogP contribution is 2.21. The number of nitrogens with two attached hydrogens (primary N) is 1. The summed E-state index contributed by atoms with van der Waals surface area (Å²) in [5.41, 5.74) is 7.72. The van der Waals surface area contributed by atoms with Crippen molar-refractivity contribution >= 4 is 28.9 Å². The maximum absolute atomic E-state index is 12.2. The molecule has 1 aromatic heterocycles. The van der Waals surface area contributed by atoms with Gasteiger partial charge in [0.05, 0.1) is 10.9 Å². The number of hydrogen-bond acceptors (Lipinski definition) is 4. The van der Waals surface area contributed by atoms with E-state index in [2.05, 4.69) is 0 Å². The normalized spacial score (nSPS) is 11.3. The van der Waals surface area contributed by atoms with Crippen molar-refractivity contribution in [1.82, 2.24) is 0 Å². The quantitative estimate of drug-likeness (QED) is 0.805. The Morgan fingerprint density at radius 3 is 2.58 bits per heavy atom. The molecule has 98 valence electrons. The number of benzene rings is 1. The molecule has 0 aliphatic rings. The van der Waals surface area contributed by atoms with E-state index in [0.29, 0.717) is 11.0 Å². The summed E-state index contributed by atoms with van der Waals surface area (Å²) >= 11 is 0. The molecule has 0 saturated heterocycles. The molecule has 1 heterocycles. The summed E-state index contributed by atoms with van der Waals surface area (Å²) in [7, 11) is 0. The van der Waals surface area contributed by atoms with E-state index >= 15 is 0 Å². The summed E-state index contributed by atoms with van der Waals surface area (Å²) < 4.78 is 5.38. The number of anilines is 1. The summed E-state index contributed by atoms with van der Waals surface area (Å²) in [4.78, 5) is 22.7. The molecule has 0 atom stereocenters. The first-order chi connectivity index (χ1) is 8.90. The Kier molecular flexibility index (Phi) is 3.12. The molecule has 0 unspecified atom stereocenters. The van der Waals surface area contributed by atoms with Crippen LogP contribution in [-0.2, 0) is 4.79 Å². The van der Waals surface area contributed by atoms with Crippen molar-refractivity contribution in [3.05, 3.63) is 45.1 Å². The van der Waals surface area contributed by atoms with E-state index in [1.54, 1.807) is 12.1 Å². The highest BCUT2D eigenvalue weighted by atomic mass is 16.4. The number of rotatable bonds is 2. The zero-order valence-electron chi connectivity index (χ0n) is 10.6. The Bertz CT molecular complexity index is 756. The lowest BCUT2D eigenvalue weighted by atomic mass is 10.1. The second-order valence-electron chi connectivity index (χ2n) is 4.31. The van der Waals surface area contributed by atoms with Gasteiger partial charge in [-0.05, 0) is 43.2 Å². The van der Waals surface area contributed by atoms with Crippen LogP contribution in [0.4, 0.5) is 5.88 Å². The molecule has 0 radical (unpaired) electrons. The van der Waals surface area contributed by atoms with Gasteiger partial charge in [-0.15, -0.1) is 0 Å². The Morgan fingerprint density at radius 1 is 1.32 bits per heavy atom. The average Bonchev–Trinajstić information content (AvgIpc) is 2.31. The zero-order valence-corrected chi connectivity index (χ0v) is 10.6. The Morgan fingerprint density at radius 2 is 1.95 bits per heavy atom. The fourth-order valence-electron chi connectivity index (χ4n) is 1.79. The van der Waals surface area contributed by atoms with Crippen LogP contribution >= 0.6 is 0 Å². The molecule has 3 N–H and O–H groups in total. The Hall–Kier alpha value is -2.56. The van der Waals surface area contributed by atoms with Gasteiger partial charge >= 0.3 is 5.97 Å². The number of carboxylic acids is 1. The predicted octanol–water partition coefficient (Wildman–Crippen LogP) is 2.09. The fourth-order valence-corrected chi connectivity index (χ4v) is 1.79. The minimum Gasteiger partial charge on any atom is -0.478 e. The zero-order chi connectivity index (χ0) is 14.2. The third-order valence-electron chi connectivity index (χ3n) is 2.96. The number of aliphatic carboxylic acids is 1. The molecule has 0 amide bonds. The van der Waals surface area contributed by atoms with E-state index in [1.807, 2.05) is 13.8 Å². The van der Waals surface area contributed by atoms with Crippen LogP contribution in [-0.4, -0.2) is 11.1 Å². The van der Waals surface area contributed by atoms with Gasteiger partial charge in [0.15, 0.2) is 0 Å². The van der Waals surface area contributed by atoms with Gasteiger partial charge in [-0.25, -0.2) is 4.79 Å². The largest absolute Gasteiger partial charge is 0.478 e. The molecule has 0 bridgehead atoms. The van der Waals surface area contributed by atoms with Gasteiger partial charge in [0.2, 0.25) is 11.3 Å². The first kappa shape index (κ1) is 12.9. The number of fused-ring (bicyclic) bond motifs is 1. The summed E-state index contributed by atoms with van der Waals surface area (Å²) in [6.07, 6.45) is 2.01. The average molecular weight is 259 g/mol. The van der Waals surface area contributed by atoms with Crippen LogP contribution in [0.5, 0.6) is 0 Å². The number of aryl methyl sites for hydroxylation is 2. The first-order valence-corrected chi connectivity index (χ1v) is 5.64. The van der Waals surface area contributed by atoms with Crippen LogP contribution in [0.25, 0.3) is 17.0 Å². The van der Waals surface area contributed by atoms with E-state index in [4.69, 9.17) is 15.3 Å². The Balaban J connectivity index is 2.78. The van der Waals surface area contributed by atoms with E-state index in [0.717, 1.165) is 23.3 Å². The van der Waals surface area contributed by atoms with E-state index < -0.39 is 5.97 Å². The van der Waals surface area contributed by atoms with Gasteiger partial charge in [0, 0.05) is 6.08 Å². The summed E-state index contributed by atoms with van der Waals surface area (Å²) in [6.45, 7) is 3.79. The summed E-state index contributed by atoms with van der Waals surface area (Å²) in [5.74, 6) is -1.24. The standard InChI is InChI=1S/C14H13NO4/c1-7-5-10-11(6-8(7)2)19-14(15)9(13(10)18)3-4-12(16)17/h3-6H,15H2,1-2H3,(H,16,17)/b4-3+. The van der Waals surface area contributed by atoms with Crippen LogP contribution in [0.1, 0.15) is 16.7 Å². The third kappa shape index (κ3) is 2.35. The molecule has 0 aliphatic carbocycles. The molecular weight excluding hydrogens is 246 g/mol. The van der Waals surface area contributed by atoms with Crippen LogP contribution < -0.4 is 11.2 Å². The molecule has 0 fully saturated rings. The van der Waals surface area contributed by atoms with Crippen LogP contribution in [0.15, 0.2) is 27.4 Å². The second kappa shape index (κ2) is 4.61. The van der Waals surface area contributed by atoms with Crippen molar-refractivity contribution in [3.63, 3.8) is 0 Å². The lowest BCUT2D eigenvalue weighted by molar-refractivity contribution is -0.131. The van der Waals surface area contributed by atoms with E-state index in [9.17, 15) is 9.59 Å². The SMILES string of the molecule is Cc1cc2oc(N)c(/C=C/C(=O)O)c(=O)c2cc1C. The Labute approximate surface area is 109 Å². The third-order valence-corrected chi connectivity index (χ3v) is 2.96. The van der Waals surface area contributed by atoms with Crippen molar-refractivity contribution < 1.29 is 14.3 Å². The molecule has 0 aliphatic heterocycles. The minimum atomic E-state index is -1.15. The molecule has 0 spiro atoms. The topological polar surface area (TPSA) is 93.5 Å². The maximum atomic E-state index is 12.2. The van der Waals surface area contributed by atoms with Gasteiger partial charge in [-0.2, -0.15) is 0 Å². The predicted molar refractivity (Wildman–Crippen MR) is 73.0 cm³/mol.